The molecule has 1 amide bonds. The molecule has 8 heavy (non-hydrogen) atoms. The number of ether oxygens (including phenoxy) is 1. The van der Waals surface area contributed by atoms with Gasteiger partial charge in [-0.1, -0.05) is 6.92 Å². The first-order valence-electron chi connectivity index (χ1n) is 2.19. The van der Waals surface area contributed by atoms with E-state index in [1.54, 1.807) is 0 Å². The number of nitrogens with two attached hydrogens (primary N) is 1. The van der Waals surface area contributed by atoms with Crippen molar-refractivity contribution in [3.05, 3.63) is 0 Å². The summed E-state index contributed by atoms with van der Waals surface area (Å²) in [5.41, 5.74) is 4.62. The summed E-state index contributed by atoms with van der Waals surface area (Å²) < 4.78 is 4.33. The first-order valence-corrected chi connectivity index (χ1v) is 2.19. The molecule has 0 aliphatic rings. The van der Waals surface area contributed by atoms with Gasteiger partial charge >= 0.3 is 6.09 Å². The van der Waals surface area contributed by atoms with Crippen LogP contribution < -0.4 is 5.73 Å². The summed E-state index contributed by atoms with van der Waals surface area (Å²) in [5.74, 6) is 0. The zero-order valence-electron chi connectivity index (χ0n) is 4.81. The molecule has 0 aromatic heterocycles. The molecule has 0 atom stereocenters. The van der Waals surface area contributed by atoms with Crippen molar-refractivity contribution in [3.63, 3.8) is 0 Å². The van der Waals surface area contributed by atoms with Crippen LogP contribution in [0.2, 0.25) is 0 Å². The van der Waals surface area contributed by atoms with Gasteiger partial charge in [-0.3, -0.25) is 0 Å². The van der Waals surface area contributed by atoms with E-state index in [0.29, 0.717) is 6.61 Å². The standard InChI is InChI=1S/C4H9NO2.Nd/c1-2-3-7-4(5)6;/h2-3H2,1H3,(H2,5,6);. The van der Waals surface area contributed by atoms with Gasteiger partial charge in [0.1, 0.15) is 0 Å². The molecular weight excluding hydrogens is 238 g/mol. The molecule has 4 heteroatoms. The predicted molar refractivity (Wildman–Crippen MR) is 25.8 cm³/mol. The van der Waals surface area contributed by atoms with Crippen molar-refractivity contribution in [3.8, 4) is 0 Å². The minimum atomic E-state index is -0.693. The predicted octanol–water partition coefficient (Wildman–Crippen LogP) is 0.492. The number of amides is 1. The van der Waals surface area contributed by atoms with E-state index in [-0.39, 0.29) is 40.8 Å². The fourth-order valence-electron chi connectivity index (χ4n) is 0.203. The maximum atomic E-state index is 9.76. The zero-order chi connectivity index (χ0) is 5.70. The number of hydrogen-bond donors (Lipinski definition) is 1. The van der Waals surface area contributed by atoms with Gasteiger partial charge in [0.15, 0.2) is 0 Å². The molecule has 2 N–H and O–H groups in total. The first kappa shape index (κ1) is 11.4. The molecule has 46 valence electrons. The Morgan fingerprint density at radius 1 is 1.75 bits per heavy atom. The minimum absolute atomic E-state index is 0. The molecule has 0 saturated heterocycles. The van der Waals surface area contributed by atoms with Crippen LogP contribution in [0.1, 0.15) is 13.3 Å². The SMILES string of the molecule is CCCOC(N)=O.[Nd]. The summed E-state index contributed by atoms with van der Waals surface area (Å²) in [6.07, 6.45) is 0.130. The van der Waals surface area contributed by atoms with Crippen LogP contribution >= 0.6 is 0 Å². The third-order valence-electron chi connectivity index (χ3n) is 0.448. The van der Waals surface area contributed by atoms with Crippen LogP contribution in [-0.4, -0.2) is 12.7 Å². The van der Waals surface area contributed by atoms with Crippen molar-refractivity contribution in [1.82, 2.24) is 0 Å². The van der Waals surface area contributed by atoms with Gasteiger partial charge in [-0.05, 0) is 6.42 Å². The summed E-state index contributed by atoms with van der Waals surface area (Å²) in [5, 5.41) is 0. The summed E-state index contributed by atoms with van der Waals surface area (Å²) in [4.78, 5) is 9.76. The summed E-state index contributed by atoms with van der Waals surface area (Å²) in [6, 6.07) is 0. The number of rotatable bonds is 2. The molecule has 0 saturated carbocycles. The molecule has 0 radical (unpaired) electrons. The van der Waals surface area contributed by atoms with Crippen LogP contribution in [0.15, 0.2) is 0 Å². The number of carbonyl (C=O) groups excluding carboxylic acids is 1. The molecule has 0 aromatic carbocycles. The van der Waals surface area contributed by atoms with Crippen LogP contribution in [0, 0.1) is 40.8 Å². The molecule has 0 aliphatic heterocycles. The van der Waals surface area contributed by atoms with Crippen molar-refractivity contribution in [2.45, 2.75) is 13.3 Å². The van der Waals surface area contributed by atoms with E-state index in [2.05, 4.69) is 10.5 Å². The third-order valence-corrected chi connectivity index (χ3v) is 0.448. The number of hydrogen-bond acceptors (Lipinski definition) is 2. The van der Waals surface area contributed by atoms with Gasteiger partial charge in [0.05, 0.1) is 6.61 Å². The largest absolute Gasteiger partial charge is 0.450 e. The van der Waals surface area contributed by atoms with Gasteiger partial charge in [-0.15, -0.1) is 0 Å². The van der Waals surface area contributed by atoms with Crippen molar-refractivity contribution in [2.24, 2.45) is 5.73 Å². The van der Waals surface area contributed by atoms with Gasteiger partial charge in [-0.25, -0.2) is 4.79 Å². The summed E-state index contributed by atoms with van der Waals surface area (Å²) >= 11 is 0. The van der Waals surface area contributed by atoms with Crippen LogP contribution in [0.4, 0.5) is 4.79 Å². The Morgan fingerprint density at radius 3 is 2.38 bits per heavy atom. The molecule has 0 spiro atoms. The molecule has 0 fully saturated rings. The Morgan fingerprint density at radius 2 is 2.25 bits per heavy atom. The molecule has 0 aromatic rings. The second-order valence-corrected chi connectivity index (χ2v) is 1.17. The number of carbonyl (C=O) groups is 1. The second kappa shape index (κ2) is 7.62. The van der Waals surface area contributed by atoms with E-state index < -0.39 is 6.09 Å². The van der Waals surface area contributed by atoms with E-state index in [9.17, 15) is 4.79 Å². The van der Waals surface area contributed by atoms with Gasteiger partial charge in [0.2, 0.25) is 0 Å². The monoisotopic (exact) mass is 245 g/mol. The molecule has 0 aliphatic carbocycles. The normalized spacial score (nSPS) is 7.12. The minimum Gasteiger partial charge on any atom is -0.450 e. The van der Waals surface area contributed by atoms with Crippen molar-refractivity contribution >= 4 is 6.09 Å². The van der Waals surface area contributed by atoms with Gasteiger partial charge in [0.25, 0.3) is 0 Å². The van der Waals surface area contributed by atoms with E-state index in [4.69, 9.17) is 0 Å². The Balaban J connectivity index is 0. The van der Waals surface area contributed by atoms with Crippen LogP contribution in [0.5, 0.6) is 0 Å². The van der Waals surface area contributed by atoms with Crippen LogP contribution in [0.3, 0.4) is 0 Å². The van der Waals surface area contributed by atoms with Crippen molar-refractivity contribution in [1.29, 1.82) is 0 Å². The fraction of sp³-hybridized carbons (Fsp3) is 0.750. The van der Waals surface area contributed by atoms with Crippen molar-refractivity contribution in [2.75, 3.05) is 6.61 Å². The van der Waals surface area contributed by atoms with Gasteiger partial charge < -0.3 is 10.5 Å². The Labute approximate surface area is 81.5 Å². The average Bonchev–Trinajstić information content (AvgIpc) is 1.61. The Hall–Kier alpha value is 0.621. The van der Waals surface area contributed by atoms with E-state index in [0.717, 1.165) is 6.42 Å². The first-order chi connectivity index (χ1) is 3.27. The maximum Gasteiger partial charge on any atom is 0.404 e. The van der Waals surface area contributed by atoms with E-state index in [1.165, 1.54) is 0 Å². The average molecular weight is 247 g/mol. The molecule has 3 nitrogen and oxygen atoms in total. The van der Waals surface area contributed by atoms with E-state index >= 15 is 0 Å². The quantitative estimate of drug-likeness (QED) is 0.772. The second-order valence-electron chi connectivity index (χ2n) is 1.17. The van der Waals surface area contributed by atoms with E-state index in [1.807, 2.05) is 6.92 Å². The Kier molecular flexibility index (Phi) is 10.9. The molecule has 0 rings (SSSR count). The summed E-state index contributed by atoms with van der Waals surface area (Å²) in [6.45, 7) is 2.33. The molecule has 0 bridgehead atoms. The van der Waals surface area contributed by atoms with Crippen molar-refractivity contribution < 1.29 is 50.4 Å². The summed E-state index contributed by atoms with van der Waals surface area (Å²) in [7, 11) is 0. The molecular formula is C4H9NNdO2. The molecule has 0 heterocycles. The van der Waals surface area contributed by atoms with Crippen LogP contribution in [0.25, 0.3) is 0 Å². The fourth-order valence-corrected chi connectivity index (χ4v) is 0.203. The third kappa shape index (κ3) is 9.80. The maximum absolute atomic E-state index is 9.76. The van der Waals surface area contributed by atoms with Crippen LogP contribution in [-0.2, 0) is 4.74 Å². The smallest absolute Gasteiger partial charge is 0.404 e. The number of primary amides is 1. The van der Waals surface area contributed by atoms with Gasteiger partial charge in [0, 0.05) is 40.8 Å². The zero-order valence-corrected chi connectivity index (χ0v) is 8.02. The molecule has 0 unspecified atom stereocenters. The van der Waals surface area contributed by atoms with Gasteiger partial charge in [-0.2, -0.15) is 0 Å². The topological polar surface area (TPSA) is 52.3 Å². The Bertz CT molecular complexity index is 67.1.